The first-order chi connectivity index (χ1) is 9.81. The van der Waals surface area contributed by atoms with E-state index < -0.39 is 0 Å². The van der Waals surface area contributed by atoms with E-state index in [1.807, 2.05) is 19.3 Å². The number of aryl methyl sites for hydroxylation is 1. The second-order valence-electron chi connectivity index (χ2n) is 5.15. The molecule has 1 N–H and O–H groups in total. The SMILES string of the molecule is Cc1cncc(N[C@H]2COC[C@H]2Cc2ccncc2)n1. The Bertz CT molecular complexity index is 561. The average molecular weight is 270 g/mol. The maximum Gasteiger partial charge on any atom is 0.145 e. The van der Waals surface area contributed by atoms with Gasteiger partial charge < -0.3 is 10.1 Å². The van der Waals surface area contributed by atoms with E-state index >= 15 is 0 Å². The van der Waals surface area contributed by atoms with Crippen molar-refractivity contribution in [3.05, 3.63) is 48.2 Å². The summed E-state index contributed by atoms with van der Waals surface area (Å²) in [4.78, 5) is 12.7. The Balaban J connectivity index is 1.66. The molecule has 0 saturated carbocycles. The molecule has 2 atom stereocenters. The van der Waals surface area contributed by atoms with Gasteiger partial charge in [0.05, 0.1) is 31.1 Å². The molecule has 0 radical (unpaired) electrons. The first-order valence-corrected chi connectivity index (χ1v) is 6.83. The molecule has 0 bridgehead atoms. The Kier molecular flexibility index (Phi) is 3.87. The number of nitrogens with one attached hydrogen (secondary N) is 1. The highest BCUT2D eigenvalue weighted by Crippen LogP contribution is 2.21. The summed E-state index contributed by atoms with van der Waals surface area (Å²) in [6, 6.07) is 4.39. The third-order valence-electron chi connectivity index (χ3n) is 3.53. The minimum atomic E-state index is 0.277. The van der Waals surface area contributed by atoms with Gasteiger partial charge in [-0.2, -0.15) is 0 Å². The number of anilines is 1. The van der Waals surface area contributed by atoms with Crippen LogP contribution in [0.25, 0.3) is 0 Å². The summed E-state index contributed by atoms with van der Waals surface area (Å²) in [7, 11) is 0. The predicted octanol–water partition coefficient (Wildman–Crippen LogP) is 1.85. The summed E-state index contributed by atoms with van der Waals surface area (Å²) in [6.45, 7) is 3.43. The summed E-state index contributed by atoms with van der Waals surface area (Å²) in [5.74, 6) is 1.26. The molecule has 1 fully saturated rings. The Morgan fingerprint density at radius 1 is 1.20 bits per heavy atom. The normalized spacial score (nSPS) is 21.9. The van der Waals surface area contributed by atoms with Crippen LogP contribution < -0.4 is 5.32 Å². The average Bonchev–Trinajstić information content (AvgIpc) is 2.87. The van der Waals surface area contributed by atoms with Crippen LogP contribution in [0.2, 0.25) is 0 Å². The Morgan fingerprint density at radius 2 is 2.05 bits per heavy atom. The van der Waals surface area contributed by atoms with Gasteiger partial charge in [-0.15, -0.1) is 0 Å². The number of rotatable bonds is 4. The smallest absolute Gasteiger partial charge is 0.145 e. The van der Waals surface area contributed by atoms with Gasteiger partial charge in [-0.25, -0.2) is 4.98 Å². The van der Waals surface area contributed by atoms with Crippen molar-refractivity contribution >= 4 is 5.82 Å². The molecule has 2 aromatic heterocycles. The number of pyridine rings is 1. The zero-order chi connectivity index (χ0) is 13.8. The van der Waals surface area contributed by atoms with Crippen molar-refractivity contribution in [2.24, 2.45) is 5.92 Å². The molecule has 5 heteroatoms. The molecule has 104 valence electrons. The fourth-order valence-electron chi connectivity index (χ4n) is 2.50. The zero-order valence-corrected chi connectivity index (χ0v) is 11.5. The van der Waals surface area contributed by atoms with E-state index in [0.29, 0.717) is 12.5 Å². The van der Waals surface area contributed by atoms with Crippen LogP contribution in [0.3, 0.4) is 0 Å². The lowest BCUT2D eigenvalue weighted by Crippen LogP contribution is -2.29. The van der Waals surface area contributed by atoms with Crippen molar-refractivity contribution in [2.45, 2.75) is 19.4 Å². The molecule has 2 aromatic rings. The van der Waals surface area contributed by atoms with Crippen LogP contribution in [0.4, 0.5) is 5.82 Å². The highest BCUT2D eigenvalue weighted by Gasteiger charge is 2.28. The van der Waals surface area contributed by atoms with E-state index in [2.05, 4.69) is 32.4 Å². The fourth-order valence-corrected chi connectivity index (χ4v) is 2.50. The molecular formula is C15H18N4O. The van der Waals surface area contributed by atoms with Crippen molar-refractivity contribution in [3.8, 4) is 0 Å². The number of hydrogen-bond donors (Lipinski definition) is 1. The van der Waals surface area contributed by atoms with Gasteiger partial charge in [0.15, 0.2) is 0 Å². The third kappa shape index (κ3) is 3.11. The molecule has 0 aliphatic carbocycles. The summed E-state index contributed by atoms with van der Waals surface area (Å²) in [6.07, 6.45) is 8.16. The maximum atomic E-state index is 5.62. The minimum Gasteiger partial charge on any atom is -0.379 e. The van der Waals surface area contributed by atoms with Gasteiger partial charge in [0.2, 0.25) is 0 Å². The van der Waals surface area contributed by atoms with Crippen molar-refractivity contribution < 1.29 is 4.74 Å². The number of nitrogens with zero attached hydrogens (tertiary/aromatic N) is 3. The quantitative estimate of drug-likeness (QED) is 0.918. The van der Waals surface area contributed by atoms with Crippen molar-refractivity contribution in [3.63, 3.8) is 0 Å². The van der Waals surface area contributed by atoms with Gasteiger partial charge in [-0.05, 0) is 31.0 Å². The van der Waals surface area contributed by atoms with Gasteiger partial charge >= 0.3 is 0 Å². The Hall–Kier alpha value is -2.01. The molecule has 1 aliphatic heterocycles. The molecule has 0 amide bonds. The second kappa shape index (κ2) is 5.96. The van der Waals surface area contributed by atoms with E-state index in [0.717, 1.165) is 24.5 Å². The molecule has 0 aromatic carbocycles. The molecule has 3 heterocycles. The van der Waals surface area contributed by atoms with Crippen LogP contribution in [0.5, 0.6) is 0 Å². The first-order valence-electron chi connectivity index (χ1n) is 6.83. The lowest BCUT2D eigenvalue weighted by atomic mass is 9.95. The van der Waals surface area contributed by atoms with Crippen LogP contribution in [0.1, 0.15) is 11.3 Å². The summed E-state index contributed by atoms with van der Waals surface area (Å²) >= 11 is 0. The number of aromatic nitrogens is 3. The monoisotopic (exact) mass is 270 g/mol. The van der Waals surface area contributed by atoms with Gasteiger partial charge in [-0.1, -0.05) is 0 Å². The van der Waals surface area contributed by atoms with Crippen LogP contribution >= 0.6 is 0 Å². The lowest BCUT2D eigenvalue weighted by molar-refractivity contribution is 0.185. The van der Waals surface area contributed by atoms with Crippen molar-refractivity contribution in [2.75, 3.05) is 18.5 Å². The topological polar surface area (TPSA) is 59.9 Å². The van der Waals surface area contributed by atoms with Gasteiger partial charge in [-0.3, -0.25) is 9.97 Å². The molecule has 20 heavy (non-hydrogen) atoms. The Morgan fingerprint density at radius 3 is 2.85 bits per heavy atom. The molecule has 0 unspecified atom stereocenters. The molecule has 5 nitrogen and oxygen atoms in total. The largest absolute Gasteiger partial charge is 0.379 e. The predicted molar refractivity (Wildman–Crippen MR) is 76.4 cm³/mol. The number of ether oxygens (including phenoxy) is 1. The van der Waals surface area contributed by atoms with Crippen LogP contribution in [0, 0.1) is 12.8 Å². The number of hydrogen-bond acceptors (Lipinski definition) is 5. The second-order valence-corrected chi connectivity index (χ2v) is 5.15. The molecule has 3 rings (SSSR count). The molecular weight excluding hydrogens is 252 g/mol. The first kappa shape index (κ1) is 13.0. The van der Waals surface area contributed by atoms with E-state index in [9.17, 15) is 0 Å². The summed E-state index contributed by atoms with van der Waals surface area (Å²) < 4.78 is 5.62. The summed E-state index contributed by atoms with van der Waals surface area (Å²) in [5, 5.41) is 3.44. The van der Waals surface area contributed by atoms with Gasteiger partial charge in [0.1, 0.15) is 5.82 Å². The highest BCUT2D eigenvalue weighted by atomic mass is 16.5. The third-order valence-corrected chi connectivity index (χ3v) is 3.53. The van der Waals surface area contributed by atoms with E-state index in [-0.39, 0.29) is 6.04 Å². The Labute approximate surface area is 118 Å². The highest BCUT2D eigenvalue weighted by molar-refractivity contribution is 5.34. The minimum absolute atomic E-state index is 0.277. The molecule has 1 saturated heterocycles. The summed E-state index contributed by atoms with van der Waals surface area (Å²) in [5.41, 5.74) is 2.21. The van der Waals surface area contributed by atoms with Crippen LogP contribution in [0.15, 0.2) is 36.9 Å². The van der Waals surface area contributed by atoms with E-state index in [4.69, 9.17) is 4.74 Å². The van der Waals surface area contributed by atoms with Crippen molar-refractivity contribution in [1.29, 1.82) is 0 Å². The standard InChI is InChI=1S/C15H18N4O/c1-11-7-17-8-15(18-11)19-14-10-20-9-13(14)6-12-2-4-16-5-3-12/h2-5,7-8,13-14H,6,9-10H2,1H3,(H,18,19)/t13-,14+/m1/s1. The molecule has 0 spiro atoms. The van der Waals surface area contributed by atoms with E-state index in [1.165, 1.54) is 5.56 Å². The molecule has 1 aliphatic rings. The lowest BCUT2D eigenvalue weighted by Gasteiger charge is -2.19. The van der Waals surface area contributed by atoms with Gasteiger partial charge in [0, 0.05) is 24.5 Å². The van der Waals surface area contributed by atoms with E-state index in [1.54, 1.807) is 12.4 Å². The maximum absolute atomic E-state index is 5.62. The zero-order valence-electron chi connectivity index (χ0n) is 11.5. The van der Waals surface area contributed by atoms with Crippen LogP contribution in [-0.4, -0.2) is 34.2 Å². The fraction of sp³-hybridized carbons (Fsp3) is 0.400. The van der Waals surface area contributed by atoms with Gasteiger partial charge in [0.25, 0.3) is 0 Å². The van der Waals surface area contributed by atoms with Crippen molar-refractivity contribution in [1.82, 2.24) is 15.0 Å². The van der Waals surface area contributed by atoms with Crippen LogP contribution in [-0.2, 0) is 11.2 Å².